The Morgan fingerprint density at radius 2 is 1.76 bits per heavy atom. The van der Waals surface area contributed by atoms with E-state index in [1.54, 1.807) is 25.3 Å². The number of nitrogens with zero attached hydrogens (tertiary/aromatic N) is 4. The second-order valence-corrected chi connectivity index (χ2v) is 13.0. The first-order valence-electron chi connectivity index (χ1n) is 14.0. The van der Waals surface area contributed by atoms with Gasteiger partial charge in [0, 0.05) is 30.2 Å². The lowest BCUT2D eigenvalue weighted by molar-refractivity contribution is -0.00545. The lowest BCUT2D eigenvalue weighted by Gasteiger charge is -2.36. The van der Waals surface area contributed by atoms with Crippen molar-refractivity contribution >= 4 is 32.5 Å². The number of pyridine rings is 3. The molecular formula is C31H33N5O5S. The number of morpholine rings is 1. The van der Waals surface area contributed by atoms with E-state index in [0.717, 1.165) is 41.2 Å². The molecule has 0 bridgehead atoms. The van der Waals surface area contributed by atoms with Crippen LogP contribution in [0.5, 0.6) is 0 Å². The van der Waals surface area contributed by atoms with E-state index in [-0.39, 0.29) is 47.5 Å². The zero-order chi connectivity index (χ0) is 29.4. The number of hydrogen-bond donors (Lipinski definition) is 1. The molecule has 1 amide bonds. The van der Waals surface area contributed by atoms with Crippen molar-refractivity contribution in [3.05, 3.63) is 77.6 Å². The second-order valence-electron chi connectivity index (χ2n) is 11.0. The molecule has 0 saturated carbocycles. The van der Waals surface area contributed by atoms with Crippen LogP contribution in [-0.2, 0) is 32.5 Å². The van der Waals surface area contributed by atoms with Gasteiger partial charge in [0.1, 0.15) is 5.82 Å². The molecule has 2 aliphatic rings. The van der Waals surface area contributed by atoms with Gasteiger partial charge in [-0.15, -0.1) is 0 Å². The number of benzene rings is 1. The van der Waals surface area contributed by atoms with Crippen molar-refractivity contribution in [3.8, 4) is 11.4 Å². The monoisotopic (exact) mass is 587 g/mol. The third-order valence-corrected chi connectivity index (χ3v) is 9.40. The zero-order valence-corrected chi connectivity index (χ0v) is 24.6. The minimum absolute atomic E-state index is 0.119. The smallest absolute Gasteiger partial charge is 0.251 e. The van der Waals surface area contributed by atoms with Gasteiger partial charge in [-0.05, 0) is 68.8 Å². The fourth-order valence-corrected chi connectivity index (χ4v) is 7.19. The van der Waals surface area contributed by atoms with Gasteiger partial charge in [0.25, 0.3) is 5.91 Å². The average molecular weight is 588 g/mol. The molecule has 4 aromatic rings. The number of rotatable bonds is 5. The van der Waals surface area contributed by atoms with Crippen molar-refractivity contribution in [1.82, 2.24) is 20.3 Å². The molecule has 1 aromatic carbocycles. The van der Waals surface area contributed by atoms with Crippen molar-refractivity contribution in [2.45, 2.75) is 57.1 Å². The van der Waals surface area contributed by atoms with Gasteiger partial charge in [0.05, 0.1) is 64.7 Å². The number of anilines is 1. The van der Waals surface area contributed by atoms with Crippen LogP contribution in [0.1, 0.15) is 42.4 Å². The lowest BCUT2D eigenvalue weighted by atomic mass is 10.1. The number of carbonyl (C=O) groups excluding carboxylic acids is 1. The summed E-state index contributed by atoms with van der Waals surface area (Å²) in [6.07, 6.45) is 1.58. The fraction of sp³-hybridized carbons (Fsp3) is 0.355. The molecule has 42 heavy (non-hydrogen) atoms. The Balaban J connectivity index is 1.19. The summed E-state index contributed by atoms with van der Waals surface area (Å²) in [5.74, 6) is 0.386. The van der Waals surface area contributed by atoms with Crippen molar-refractivity contribution < 1.29 is 22.7 Å². The van der Waals surface area contributed by atoms with E-state index in [0.29, 0.717) is 11.3 Å². The summed E-state index contributed by atoms with van der Waals surface area (Å²) in [5, 5.41) is 3.72. The van der Waals surface area contributed by atoms with Crippen LogP contribution in [0.2, 0.25) is 0 Å². The molecule has 0 unspecified atom stereocenters. The Morgan fingerprint density at radius 1 is 0.976 bits per heavy atom. The molecule has 10 nitrogen and oxygen atoms in total. The maximum absolute atomic E-state index is 13.0. The minimum Gasteiger partial charge on any atom is -0.373 e. The van der Waals surface area contributed by atoms with Crippen LogP contribution in [0.15, 0.2) is 65.7 Å². The Kier molecular flexibility index (Phi) is 7.65. The highest BCUT2D eigenvalue weighted by atomic mass is 32.2. The van der Waals surface area contributed by atoms with E-state index in [1.165, 1.54) is 6.07 Å². The number of fused-ring (bicyclic) bond motifs is 2. The van der Waals surface area contributed by atoms with Crippen LogP contribution in [0.25, 0.3) is 22.3 Å². The molecule has 11 heteroatoms. The third kappa shape index (κ3) is 5.99. The summed E-state index contributed by atoms with van der Waals surface area (Å²) in [5.41, 5.74) is 3.70. The van der Waals surface area contributed by atoms with Gasteiger partial charge >= 0.3 is 0 Å². The Labute approximate surface area is 245 Å². The summed E-state index contributed by atoms with van der Waals surface area (Å²) < 4.78 is 37.0. The topological polar surface area (TPSA) is 124 Å². The van der Waals surface area contributed by atoms with Crippen LogP contribution in [0.3, 0.4) is 0 Å². The van der Waals surface area contributed by atoms with Crippen molar-refractivity contribution in [1.29, 1.82) is 0 Å². The predicted octanol–water partition coefficient (Wildman–Crippen LogP) is 3.93. The van der Waals surface area contributed by atoms with Crippen LogP contribution < -0.4 is 10.2 Å². The quantitative estimate of drug-likeness (QED) is 0.370. The molecule has 6 rings (SSSR count). The number of hydrogen-bond acceptors (Lipinski definition) is 9. The minimum atomic E-state index is -3.56. The Bertz CT molecular complexity index is 1750. The van der Waals surface area contributed by atoms with Gasteiger partial charge in [0.15, 0.2) is 9.84 Å². The summed E-state index contributed by atoms with van der Waals surface area (Å²) in [7, 11) is -3.56. The van der Waals surface area contributed by atoms with E-state index >= 15 is 0 Å². The number of nitrogens with one attached hydrogen (secondary N) is 1. The first kappa shape index (κ1) is 28.2. The molecule has 0 spiro atoms. The molecule has 218 valence electrons. The summed E-state index contributed by atoms with van der Waals surface area (Å²) >= 11 is 0. The molecule has 3 atom stereocenters. The number of amides is 1. The molecule has 5 heterocycles. The van der Waals surface area contributed by atoms with Crippen LogP contribution in [0.4, 0.5) is 5.82 Å². The van der Waals surface area contributed by atoms with E-state index in [9.17, 15) is 13.2 Å². The van der Waals surface area contributed by atoms with Crippen LogP contribution in [-0.4, -0.2) is 66.4 Å². The number of sulfone groups is 1. The highest BCUT2D eigenvalue weighted by molar-refractivity contribution is 7.91. The maximum atomic E-state index is 13.0. The van der Waals surface area contributed by atoms with Crippen molar-refractivity contribution in [2.24, 2.45) is 0 Å². The Morgan fingerprint density at radius 3 is 2.57 bits per heavy atom. The van der Waals surface area contributed by atoms with E-state index < -0.39 is 15.9 Å². The van der Waals surface area contributed by atoms with Crippen LogP contribution >= 0.6 is 0 Å². The van der Waals surface area contributed by atoms with Gasteiger partial charge in [-0.2, -0.15) is 0 Å². The summed E-state index contributed by atoms with van der Waals surface area (Å²) in [6.45, 7) is 7.78. The van der Waals surface area contributed by atoms with Gasteiger partial charge in [-0.25, -0.2) is 18.4 Å². The summed E-state index contributed by atoms with van der Waals surface area (Å²) in [4.78, 5) is 29.6. The molecular weight excluding hydrogens is 554 g/mol. The molecule has 1 saturated heterocycles. The lowest BCUT2D eigenvalue weighted by Crippen LogP contribution is -2.45. The van der Waals surface area contributed by atoms with E-state index in [1.807, 2.05) is 36.4 Å². The van der Waals surface area contributed by atoms with Gasteiger partial charge in [-0.3, -0.25) is 9.78 Å². The third-order valence-electron chi connectivity index (χ3n) is 7.44. The SMILES string of the molecule is C[C@@H]1CS(=O)(=O)c2cc(C(=O)NCc3cc4nc(-c5cccc(N6C[C@@H](C)O[C@@H](C)C6)n5)ccc4cn3)ccc2CO1. The standard InChI is InChI=1S/C31H33N5O5S/c1-19-15-36(16-20(2)41-19)30-6-4-5-26(35-30)27-10-9-23-13-32-25(12-28(23)34-27)14-33-31(37)22-7-8-24-17-40-21(3)18-42(38,39)29(24)11-22/h4-13,19-21H,14-18H2,1-3H3,(H,33,37)/t19-,20+,21-/m1/s1. The molecule has 3 aromatic heterocycles. The van der Waals surface area contributed by atoms with Crippen LogP contribution in [0, 0.1) is 0 Å². The van der Waals surface area contributed by atoms with E-state index in [2.05, 4.69) is 29.0 Å². The number of ether oxygens (including phenoxy) is 2. The van der Waals surface area contributed by atoms with Gasteiger partial charge < -0.3 is 19.7 Å². The highest BCUT2D eigenvalue weighted by Gasteiger charge is 2.27. The molecule has 1 fully saturated rings. The number of carbonyl (C=O) groups is 1. The number of aromatic nitrogens is 3. The maximum Gasteiger partial charge on any atom is 0.251 e. The first-order valence-corrected chi connectivity index (χ1v) is 15.7. The van der Waals surface area contributed by atoms with E-state index in [4.69, 9.17) is 19.4 Å². The molecule has 0 aliphatic carbocycles. The second kappa shape index (κ2) is 11.4. The molecule has 1 N–H and O–H groups in total. The van der Waals surface area contributed by atoms with Crippen molar-refractivity contribution in [3.63, 3.8) is 0 Å². The van der Waals surface area contributed by atoms with Gasteiger partial charge in [-0.1, -0.05) is 12.1 Å². The summed E-state index contributed by atoms with van der Waals surface area (Å²) in [6, 6.07) is 16.4. The molecule has 0 radical (unpaired) electrons. The van der Waals surface area contributed by atoms with Gasteiger partial charge in [0.2, 0.25) is 0 Å². The van der Waals surface area contributed by atoms with Crippen molar-refractivity contribution in [2.75, 3.05) is 23.7 Å². The predicted molar refractivity (Wildman–Crippen MR) is 159 cm³/mol. The molecule has 2 aliphatic heterocycles. The fourth-order valence-electron chi connectivity index (χ4n) is 5.46. The zero-order valence-electron chi connectivity index (χ0n) is 23.8. The largest absolute Gasteiger partial charge is 0.373 e. The Hall–Kier alpha value is -3.93. The normalized spacial score (nSPS) is 21.9. The highest BCUT2D eigenvalue weighted by Crippen LogP contribution is 2.26. The first-order chi connectivity index (χ1) is 20.1. The average Bonchev–Trinajstić information content (AvgIpc) is 3.09.